The molecule has 0 radical (unpaired) electrons. The molecule has 0 amide bonds. The molecule has 0 unspecified atom stereocenters. The van der Waals surface area contributed by atoms with E-state index in [1.54, 1.807) is 18.8 Å². The Morgan fingerprint density at radius 3 is 1.56 bits per heavy atom. The topological polar surface area (TPSA) is 39.4 Å². The van der Waals surface area contributed by atoms with E-state index in [0.717, 1.165) is 38.3 Å². The summed E-state index contributed by atoms with van der Waals surface area (Å²) >= 11 is 0. The Morgan fingerprint density at radius 1 is 0.722 bits per heavy atom. The predicted molar refractivity (Wildman–Crippen MR) is 72.0 cm³/mol. The molecule has 0 aliphatic heterocycles. The van der Waals surface area contributed by atoms with Gasteiger partial charge in [-0.25, -0.2) is 0 Å². The maximum Gasteiger partial charge on any atom is 0.137 e. The van der Waals surface area contributed by atoms with E-state index < -0.39 is 0 Å². The number of hydrogen-bond acceptors (Lipinski definition) is 3. The van der Waals surface area contributed by atoms with E-state index in [-0.39, 0.29) is 0 Å². The van der Waals surface area contributed by atoms with Crippen LogP contribution in [0.1, 0.15) is 17.3 Å². The van der Waals surface area contributed by atoms with Gasteiger partial charge >= 0.3 is 0 Å². The Bertz CT molecular complexity index is 595. The Hall–Kier alpha value is -2.20. The van der Waals surface area contributed by atoms with E-state index in [2.05, 4.69) is 0 Å². The Balaban J connectivity index is 2.20. The maximum absolute atomic E-state index is 5.50. The molecule has 0 saturated carbocycles. The second-order valence-corrected chi connectivity index (χ2v) is 4.93. The monoisotopic (exact) mass is 256 g/mol. The summed E-state index contributed by atoms with van der Waals surface area (Å²) < 4.78 is 16.5. The van der Waals surface area contributed by atoms with Crippen molar-refractivity contribution in [1.29, 1.82) is 0 Å². The highest BCUT2D eigenvalue weighted by Crippen LogP contribution is 2.31. The van der Waals surface area contributed by atoms with Crippen LogP contribution in [0, 0.1) is 0 Å². The van der Waals surface area contributed by atoms with Crippen LogP contribution in [0.25, 0.3) is 10.8 Å². The molecule has 90 valence electrons. The van der Waals surface area contributed by atoms with Gasteiger partial charge in [0.15, 0.2) is 0 Å². The third-order valence-corrected chi connectivity index (χ3v) is 3.79. The van der Waals surface area contributed by atoms with Crippen molar-refractivity contribution < 1.29 is 13.3 Å². The van der Waals surface area contributed by atoms with E-state index in [4.69, 9.17) is 13.3 Å². The lowest BCUT2D eigenvalue weighted by Gasteiger charge is -2.05. The molecule has 0 aromatic carbocycles. The zero-order chi connectivity index (χ0) is 12.4. The maximum atomic E-state index is 5.50. The minimum atomic E-state index is 0.798. The largest absolute Gasteiger partial charge is 0.465 e. The highest BCUT2D eigenvalue weighted by Gasteiger charge is 2.16. The molecule has 0 bridgehead atoms. The lowest BCUT2D eigenvalue weighted by atomic mass is 10.1. The molecule has 3 nitrogen and oxygen atoms in total. The van der Waals surface area contributed by atoms with Gasteiger partial charge < -0.3 is 13.3 Å². The molecule has 0 aliphatic carbocycles. The van der Waals surface area contributed by atoms with Crippen LogP contribution in [0.2, 0.25) is 0 Å². The fourth-order valence-corrected chi connectivity index (χ4v) is 2.73. The smallest absolute Gasteiger partial charge is 0.137 e. The molecule has 0 spiro atoms. The second-order valence-electron chi connectivity index (χ2n) is 3.93. The SMILES string of the molecule is [SiH3]C(=C(c1ccco1)c1ccco1)c1ccco1. The van der Waals surface area contributed by atoms with Gasteiger partial charge in [-0.3, -0.25) is 0 Å². The number of rotatable bonds is 3. The van der Waals surface area contributed by atoms with E-state index in [1.807, 2.05) is 36.4 Å². The van der Waals surface area contributed by atoms with E-state index in [0.29, 0.717) is 0 Å². The molecule has 0 fully saturated rings. The van der Waals surface area contributed by atoms with Gasteiger partial charge in [-0.1, -0.05) is 0 Å². The average molecular weight is 256 g/mol. The minimum absolute atomic E-state index is 0.798. The van der Waals surface area contributed by atoms with Gasteiger partial charge in [0.1, 0.15) is 17.3 Å². The fourth-order valence-electron chi connectivity index (χ4n) is 1.95. The lowest BCUT2D eigenvalue weighted by Crippen LogP contribution is -1.91. The van der Waals surface area contributed by atoms with Crippen LogP contribution in [-0.4, -0.2) is 10.2 Å². The van der Waals surface area contributed by atoms with Gasteiger partial charge in [-0.15, -0.1) is 0 Å². The molecule has 3 aromatic heterocycles. The third kappa shape index (κ3) is 1.87. The molecular weight excluding hydrogens is 244 g/mol. The van der Waals surface area contributed by atoms with Crippen LogP contribution in [-0.2, 0) is 0 Å². The highest BCUT2D eigenvalue weighted by atomic mass is 28.1. The number of hydrogen-bond donors (Lipinski definition) is 0. The fraction of sp³-hybridized carbons (Fsp3) is 0. The van der Waals surface area contributed by atoms with Gasteiger partial charge in [0, 0.05) is 10.2 Å². The van der Waals surface area contributed by atoms with Crippen molar-refractivity contribution >= 4 is 21.0 Å². The summed E-state index contributed by atoms with van der Waals surface area (Å²) in [5.41, 5.74) is 0.964. The summed E-state index contributed by atoms with van der Waals surface area (Å²) in [7, 11) is 0.833. The van der Waals surface area contributed by atoms with Crippen molar-refractivity contribution in [3.8, 4) is 0 Å². The van der Waals surface area contributed by atoms with E-state index in [1.165, 1.54) is 0 Å². The lowest BCUT2D eigenvalue weighted by molar-refractivity contribution is 0.528. The van der Waals surface area contributed by atoms with Crippen molar-refractivity contribution in [2.24, 2.45) is 0 Å². The molecule has 18 heavy (non-hydrogen) atoms. The summed E-state index contributed by atoms with van der Waals surface area (Å²) in [5.74, 6) is 2.46. The van der Waals surface area contributed by atoms with Crippen molar-refractivity contribution in [2.45, 2.75) is 0 Å². The first-order valence-electron chi connectivity index (χ1n) is 5.69. The molecule has 0 aliphatic rings. The summed E-state index contributed by atoms with van der Waals surface area (Å²) in [6.45, 7) is 0. The Morgan fingerprint density at radius 2 is 1.17 bits per heavy atom. The zero-order valence-electron chi connectivity index (χ0n) is 9.92. The molecule has 3 heterocycles. The van der Waals surface area contributed by atoms with Gasteiger partial charge in [-0.2, -0.15) is 0 Å². The molecule has 3 rings (SSSR count). The van der Waals surface area contributed by atoms with Crippen molar-refractivity contribution in [3.63, 3.8) is 0 Å². The number of furan rings is 3. The molecule has 4 heteroatoms. The molecule has 3 aromatic rings. The van der Waals surface area contributed by atoms with Crippen LogP contribution in [0.3, 0.4) is 0 Å². The minimum Gasteiger partial charge on any atom is -0.465 e. The molecular formula is C14H12O3Si. The third-order valence-electron chi connectivity index (χ3n) is 2.80. The normalized spacial score (nSPS) is 10.7. The standard InChI is InChI=1S/C14H12O3Si/c18-14(12-6-3-9-17-12)13(10-4-1-7-15-10)11-5-2-8-16-11/h1-9H,18H3. The Labute approximate surface area is 107 Å². The van der Waals surface area contributed by atoms with Crippen LogP contribution in [0.15, 0.2) is 68.4 Å². The predicted octanol–water partition coefficient (Wildman–Crippen LogP) is 2.75. The Kier molecular flexibility index (Phi) is 2.78. The molecule has 0 atom stereocenters. The van der Waals surface area contributed by atoms with E-state index >= 15 is 0 Å². The van der Waals surface area contributed by atoms with Gasteiger partial charge in [0.05, 0.1) is 24.4 Å². The van der Waals surface area contributed by atoms with Crippen LogP contribution in [0.5, 0.6) is 0 Å². The van der Waals surface area contributed by atoms with E-state index in [9.17, 15) is 0 Å². The first kappa shape index (κ1) is 10.9. The molecule has 0 saturated heterocycles. The van der Waals surface area contributed by atoms with Crippen molar-refractivity contribution in [1.82, 2.24) is 0 Å². The van der Waals surface area contributed by atoms with Crippen molar-refractivity contribution in [2.75, 3.05) is 0 Å². The zero-order valence-corrected chi connectivity index (χ0v) is 11.9. The first-order chi connectivity index (χ1) is 8.86. The summed E-state index contributed by atoms with van der Waals surface area (Å²) in [5, 5.41) is 1.12. The highest BCUT2D eigenvalue weighted by molar-refractivity contribution is 6.47. The summed E-state index contributed by atoms with van der Waals surface area (Å²) in [4.78, 5) is 0. The van der Waals surface area contributed by atoms with Crippen LogP contribution >= 0.6 is 0 Å². The van der Waals surface area contributed by atoms with Crippen LogP contribution in [0.4, 0.5) is 0 Å². The molecule has 0 N–H and O–H groups in total. The second kappa shape index (κ2) is 4.58. The van der Waals surface area contributed by atoms with Gasteiger partial charge in [-0.05, 0) is 41.6 Å². The van der Waals surface area contributed by atoms with Gasteiger partial charge in [0.25, 0.3) is 0 Å². The quantitative estimate of drug-likeness (QED) is 0.676. The van der Waals surface area contributed by atoms with Crippen LogP contribution < -0.4 is 0 Å². The van der Waals surface area contributed by atoms with Crippen molar-refractivity contribution in [3.05, 3.63) is 72.5 Å². The summed E-state index contributed by atoms with van der Waals surface area (Å²) in [6, 6.07) is 11.4. The summed E-state index contributed by atoms with van der Waals surface area (Å²) in [6.07, 6.45) is 5.00. The average Bonchev–Trinajstić information content (AvgIpc) is 3.14. The van der Waals surface area contributed by atoms with Gasteiger partial charge in [0.2, 0.25) is 0 Å². The first-order valence-corrected chi connectivity index (χ1v) is 6.69.